The van der Waals surface area contributed by atoms with Gasteiger partial charge >= 0.3 is 0 Å². The Morgan fingerprint density at radius 1 is 1.21 bits per heavy atom. The number of aromatic nitrogens is 2. The summed E-state index contributed by atoms with van der Waals surface area (Å²) in [6, 6.07) is 6.20. The molecule has 33 heavy (non-hydrogen) atoms. The first-order valence-corrected chi connectivity index (χ1v) is 13.5. The SMILES string of the molecule is CCCCNCCC(CC)C1=CCC(n2c(C(C)CC)nc(=O)c3c(Br)cccc32)C(C)=C1. The lowest BCUT2D eigenvalue weighted by molar-refractivity contribution is 0.488. The quantitative estimate of drug-likeness (QED) is 0.320. The van der Waals surface area contributed by atoms with Crippen LogP contribution in [0.25, 0.3) is 10.9 Å². The first-order valence-electron chi connectivity index (χ1n) is 12.7. The normalized spacial score (nSPS) is 18.2. The number of benzene rings is 1. The monoisotopic (exact) mass is 513 g/mol. The third-order valence-electron chi connectivity index (χ3n) is 7.13. The van der Waals surface area contributed by atoms with Crippen LogP contribution >= 0.6 is 15.9 Å². The summed E-state index contributed by atoms with van der Waals surface area (Å²) < 4.78 is 3.15. The number of halogens is 1. The summed E-state index contributed by atoms with van der Waals surface area (Å²) in [7, 11) is 0. The predicted molar refractivity (Wildman–Crippen MR) is 144 cm³/mol. The van der Waals surface area contributed by atoms with Crippen LogP contribution in [0.3, 0.4) is 0 Å². The van der Waals surface area contributed by atoms with E-state index < -0.39 is 0 Å². The maximum atomic E-state index is 12.9. The van der Waals surface area contributed by atoms with Crippen LogP contribution in [0.4, 0.5) is 0 Å². The summed E-state index contributed by atoms with van der Waals surface area (Å²) in [5.41, 5.74) is 3.65. The zero-order valence-corrected chi connectivity index (χ0v) is 22.5. The molecule has 1 aliphatic carbocycles. The van der Waals surface area contributed by atoms with Crippen molar-refractivity contribution in [2.75, 3.05) is 13.1 Å². The largest absolute Gasteiger partial charge is 0.321 e. The smallest absolute Gasteiger partial charge is 0.281 e. The Hall–Kier alpha value is -1.72. The molecule has 4 nitrogen and oxygen atoms in total. The summed E-state index contributed by atoms with van der Waals surface area (Å²) >= 11 is 3.59. The van der Waals surface area contributed by atoms with E-state index in [2.05, 4.69) is 83.6 Å². The van der Waals surface area contributed by atoms with Crippen LogP contribution in [0.2, 0.25) is 0 Å². The molecule has 0 aliphatic heterocycles. The van der Waals surface area contributed by atoms with E-state index in [-0.39, 0.29) is 17.5 Å². The molecule has 1 heterocycles. The van der Waals surface area contributed by atoms with Gasteiger partial charge in [-0.25, -0.2) is 0 Å². The van der Waals surface area contributed by atoms with Crippen molar-refractivity contribution >= 4 is 26.8 Å². The van der Waals surface area contributed by atoms with Gasteiger partial charge in [0.05, 0.1) is 16.9 Å². The lowest BCUT2D eigenvalue weighted by atomic mass is 9.85. The Morgan fingerprint density at radius 2 is 2.00 bits per heavy atom. The van der Waals surface area contributed by atoms with Gasteiger partial charge in [0.25, 0.3) is 5.56 Å². The Bertz CT molecular complexity index is 1070. The zero-order valence-electron chi connectivity index (χ0n) is 21.0. The number of hydrogen-bond donors (Lipinski definition) is 1. The predicted octanol–water partition coefficient (Wildman–Crippen LogP) is 7.30. The van der Waals surface area contributed by atoms with E-state index in [9.17, 15) is 4.79 Å². The van der Waals surface area contributed by atoms with Crippen LogP contribution in [0.1, 0.15) is 90.9 Å². The number of nitrogens with one attached hydrogen (secondary N) is 1. The molecule has 1 N–H and O–H groups in total. The Kier molecular flexibility index (Phi) is 9.51. The molecular formula is C28H40BrN3O. The van der Waals surface area contributed by atoms with Crippen molar-refractivity contribution in [3.05, 3.63) is 62.1 Å². The molecule has 5 heteroatoms. The highest BCUT2D eigenvalue weighted by Gasteiger charge is 2.26. The summed E-state index contributed by atoms with van der Waals surface area (Å²) in [5.74, 6) is 1.70. The third-order valence-corrected chi connectivity index (χ3v) is 7.79. The number of rotatable bonds is 11. The molecule has 0 spiro atoms. The molecule has 0 amide bonds. The molecule has 0 bridgehead atoms. The highest BCUT2D eigenvalue weighted by molar-refractivity contribution is 9.10. The van der Waals surface area contributed by atoms with Gasteiger partial charge in [-0.3, -0.25) is 4.79 Å². The topological polar surface area (TPSA) is 46.9 Å². The van der Waals surface area contributed by atoms with E-state index in [0.717, 1.165) is 48.2 Å². The number of nitrogens with zero attached hydrogens (tertiary/aromatic N) is 2. The van der Waals surface area contributed by atoms with Crippen LogP contribution in [-0.4, -0.2) is 22.6 Å². The van der Waals surface area contributed by atoms with Crippen molar-refractivity contribution < 1.29 is 0 Å². The van der Waals surface area contributed by atoms with Crippen molar-refractivity contribution in [3.8, 4) is 0 Å². The maximum absolute atomic E-state index is 12.9. The Labute approximate surface area is 207 Å². The summed E-state index contributed by atoms with van der Waals surface area (Å²) in [6.07, 6.45) is 11.5. The minimum Gasteiger partial charge on any atom is -0.321 e. The van der Waals surface area contributed by atoms with E-state index in [1.165, 1.54) is 30.4 Å². The highest BCUT2D eigenvalue weighted by Crippen LogP contribution is 2.37. The highest BCUT2D eigenvalue weighted by atomic mass is 79.9. The van der Waals surface area contributed by atoms with Gasteiger partial charge in [0.2, 0.25) is 0 Å². The minimum atomic E-state index is -0.140. The standard InChI is InChI=1S/C28H40BrN3O/c1-6-9-16-30-17-15-21(8-3)22-13-14-24(20(5)18-22)32-25-12-10-11-23(29)26(25)28(33)31-27(32)19(4)7-2/h10-13,18-19,21,24,30H,6-9,14-17H2,1-5H3. The van der Waals surface area contributed by atoms with Gasteiger partial charge in [-0.15, -0.1) is 0 Å². The molecule has 0 saturated heterocycles. The van der Waals surface area contributed by atoms with Crippen molar-refractivity contribution in [3.63, 3.8) is 0 Å². The van der Waals surface area contributed by atoms with Gasteiger partial charge in [0.1, 0.15) is 5.82 Å². The molecule has 3 rings (SSSR count). The molecule has 180 valence electrons. The van der Waals surface area contributed by atoms with Gasteiger partial charge in [0.15, 0.2) is 0 Å². The molecular weight excluding hydrogens is 474 g/mol. The summed E-state index contributed by atoms with van der Waals surface area (Å²) in [4.78, 5) is 17.5. The maximum Gasteiger partial charge on any atom is 0.281 e. The van der Waals surface area contributed by atoms with Crippen molar-refractivity contribution in [2.24, 2.45) is 5.92 Å². The van der Waals surface area contributed by atoms with E-state index >= 15 is 0 Å². The minimum absolute atomic E-state index is 0.140. The van der Waals surface area contributed by atoms with E-state index in [0.29, 0.717) is 11.3 Å². The fourth-order valence-corrected chi connectivity index (χ4v) is 5.40. The third kappa shape index (κ3) is 5.86. The second-order valence-electron chi connectivity index (χ2n) is 9.43. The van der Waals surface area contributed by atoms with E-state index in [1.807, 2.05) is 12.1 Å². The van der Waals surface area contributed by atoms with Crippen LogP contribution < -0.4 is 10.9 Å². The molecule has 1 aromatic heterocycles. The molecule has 2 aromatic rings. The number of unbranched alkanes of at least 4 members (excludes halogenated alkanes) is 1. The molecule has 0 fully saturated rings. The number of hydrogen-bond acceptors (Lipinski definition) is 3. The second kappa shape index (κ2) is 12.1. The molecule has 3 atom stereocenters. The van der Waals surface area contributed by atoms with E-state index in [4.69, 9.17) is 0 Å². The van der Waals surface area contributed by atoms with Gasteiger partial charge < -0.3 is 9.88 Å². The average molecular weight is 515 g/mol. The van der Waals surface area contributed by atoms with Crippen molar-refractivity contribution in [1.82, 2.24) is 14.9 Å². The first kappa shape index (κ1) is 25.9. The average Bonchev–Trinajstić information content (AvgIpc) is 2.81. The Morgan fingerprint density at radius 3 is 2.67 bits per heavy atom. The molecule has 0 radical (unpaired) electrons. The fraction of sp³-hybridized carbons (Fsp3) is 0.571. The van der Waals surface area contributed by atoms with Crippen LogP contribution in [0, 0.1) is 5.92 Å². The zero-order chi connectivity index (χ0) is 24.0. The summed E-state index contributed by atoms with van der Waals surface area (Å²) in [5, 5.41) is 4.28. The molecule has 0 saturated carbocycles. The Balaban J connectivity index is 1.94. The first-order chi connectivity index (χ1) is 15.9. The van der Waals surface area contributed by atoms with Gasteiger partial charge in [-0.1, -0.05) is 52.3 Å². The lowest BCUT2D eigenvalue weighted by Crippen LogP contribution is -2.26. The number of allylic oxidation sites excluding steroid dienone is 4. The second-order valence-corrected chi connectivity index (χ2v) is 10.3. The van der Waals surface area contributed by atoms with Gasteiger partial charge in [-0.2, -0.15) is 4.98 Å². The van der Waals surface area contributed by atoms with Crippen molar-refractivity contribution in [2.45, 2.75) is 85.1 Å². The van der Waals surface area contributed by atoms with E-state index in [1.54, 1.807) is 0 Å². The summed E-state index contributed by atoms with van der Waals surface area (Å²) in [6.45, 7) is 13.3. The fourth-order valence-electron chi connectivity index (χ4n) is 4.87. The molecule has 1 aliphatic rings. The van der Waals surface area contributed by atoms with Crippen LogP contribution in [0.15, 0.2) is 50.8 Å². The van der Waals surface area contributed by atoms with Gasteiger partial charge in [0, 0.05) is 10.4 Å². The molecule has 3 unspecified atom stereocenters. The number of fused-ring (bicyclic) bond motifs is 1. The van der Waals surface area contributed by atoms with Gasteiger partial charge in [-0.05, 0) is 97.2 Å². The lowest BCUT2D eigenvalue weighted by Gasteiger charge is -2.31. The van der Waals surface area contributed by atoms with Crippen LogP contribution in [-0.2, 0) is 0 Å². The molecule has 1 aromatic carbocycles. The van der Waals surface area contributed by atoms with Crippen molar-refractivity contribution in [1.29, 1.82) is 0 Å². The van der Waals surface area contributed by atoms with Crippen LogP contribution in [0.5, 0.6) is 0 Å².